The van der Waals surface area contributed by atoms with Gasteiger partial charge < -0.3 is 30.1 Å². The number of halogens is 1. The molecule has 3 aliphatic rings. The van der Waals surface area contributed by atoms with Gasteiger partial charge in [-0.1, -0.05) is 36.6 Å². The molecule has 0 spiro atoms. The number of carboxylic acids is 1. The number of alkyl carbamates (subject to hydrolysis) is 1. The maximum Gasteiger partial charge on any atom is 0.408 e. The minimum atomic E-state index is -1.46. The van der Waals surface area contributed by atoms with Crippen molar-refractivity contribution < 1.29 is 33.8 Å². The van der Waals surface area contributed by atoms with Crippen molar-refractivity contribution in [1.29, 1.82) is 0 Å². The molecule has 3 N–H and O–H groups in total. The Balaban J connectivity index is 1.37. The third-order valence-corrected chi connectivity index (χ3v) is 10.4. The van der Waals surface area contributed by atoms with Crippen molar-refractivity contribution >= 4 is 46.8 Å². The largest absolute Gasteiger partial charge is 0.495 e. The molecule has 272 valence electrons. The van der Waals surface area contributed by atoms with E-state index in [9.17, 15) is 24.3 Å². The van der Waals surface area contributed by atoms with Gasteiger partial charge in [0, 0.05) is 36.0 Å². The second-order valence-electron chi connectivity index (χ2n) is 14.1. The number of methoxy groups -OCH3 is 1. The molecule has 1 aliphatic carbocycles. The second-order valence-corrected chi connectivity index (χ2v) is 15.4. The van der Waals surface area contributed by atoms with E-state index in [2.05, 4.69) is 15.6 Å². The molecule has 0 radical (unpaired) electrons. The lowest BCUT2D eigenvalue weighted by molar-refractivity contribution is -0.145. The van der Waals surface area contributed by atoms with Crippen LogP contribution in [0.25, 0.3) is 22.0 Å². The minimum absolute atomic E-state index is 0.0294. The molecule has 16 heteroatoms. The molecule has 1 saturated heterocycles. The fourth-order valence-electron chi connectivity index (χ4n) is 6.67. The number of hydrogen-bond donors (Lipinski definition) is 3. The van der Waals surface area contributed by atoms with Gasteiger partial charge >= 0.3 is 12.1 Å². The number of benzene rings is 1. The van der Waals surface area contributed by atoms with Crippen molar-refractivity contribution in [3.63, 3.8) is 0 Å². The SMILES string of the molecule is COc1ccc(-c2nn([C@H]3C[C@H]4C(=O)N[C@]5(C(=O)O)C[C@@H]5/C=C\CCCCC[C@H](NC(=O)OC(C)(C)C)C(=O)N4C3)nc2-c2nccs2)cc1Cl. The Morgan fingerprint density at radius 2 is 1.94 bits per heavy atom. The molecule has 2 fully saturated rings. The first-order chi connectivity index (χ1) is 24.3. The highest BCUT2D eigenvalue weighted by Crippen LogP contribution is 2.46. The summed E-state index contributed by atoms with van der Waals surface area (Å²) in [4.78, 5) is 61.4. The molecule has 6 rings (SSSR count). The summed E-state index contributed by atoms with van der Waals surface area (Å²) >= 11 is 7.87. The number of fused-ring (bicyclic) bond motifs is 2. The number of carbonyl (C=O) groups is 4. The van der Waals surface area contributed by atoms with Gasteiger partial charge in [-0.2, -0.15) is 9.90 Å². The zero-order chi connectivity index (χ0) is 36.5. The Bertz CT molecular complexity index is 1820. The summed E-state index contributed by atoms with van der Waals surface area (Å²) in [5.41, 5.74) is -0.599. The van der Waals surface area contributed by atoms with Gasteiger partial charge in [0.15, 0.2) is 0 Å². The van der Waals surface area contributed by atoms with Crippen LogP contribution in [0.15, 0.2) is 41.9 Å². The Morgan fingerprint density at radius 1 is 1.16 bits per heavy atom. The number of aromatic nitrogens is 4. The Labute approximate surface area is 304 Å². The lowest BCUT2D eigenvalue weighted by atomic mass is 10.0. The van der Waals surface area contributed by atoms with Crippen LogP contribution in [-0.4, -0.2) is 90.7 Å². The van der Waals surface area contributed by atoms with Crippen molar-refractivity contribution in [1.82, 2.24) is 35.5 Å². The summed E-state index contributed by atoms with van der Waals surface area (Å²) in [5.74, 6) is -2.06. The van der Waals surface area contributed by atoms with Gasteiger partial charge in [0.05, 0.1) is 18.2 Å². The lowest BCUT2D eigenvalue weighted by Crippen LogP contribution is -2.56. The van der Waals surface area contributed by atoms with E-state index in [1.807, 2.05) is 23.6 Å². The van der Waals surface area contributed by atoms with Crippen molar-refractivity contribution in [2.24, 2.45) is 5.92 Å². The van der Waals surface area contributed by atoms with E-state index < -0.39 is 53.1 Å². The Kier molecular flexibility index (Phi) is 10.4. The van der Waals surface area contributed by atoms with E-state index in [4.69, 9.17) is 31.3 Å². The molecule has 0 bridgehead atoms. The molecule has 51 heavy (non-hydrogen) atoms. The number of rotatable bonds is 6. The Hall–Kier alpha value is -4.50. The van der Waals surface area contributed by atoms with Crippen molar-refractivity contribution in [3.05, 3.63) is 47.0 Å². The summed E-state index contributed by atoms with van der Waals surface area (Å²) in [7, 11) is 1.53. The van der Waals surface area contributed by atoms with Crippen LogP contribution in [0, 0.1) is 5.92 Å². The van der Waals surface area contributed by atoms with Gasteiger partial charge in [-0.25, -0.2) is 14.6 Å². The molecule has 3 amide bonds. The maximum atomic E-state index is 14.4. The van der Waals surface area contributed by atoms with Gasteiger partial charge in [-0.05, 0) is 64.7 Å². The number of nitrogens with zero attached hydrogens (tertiary/aromatic N) is 5. The smallest absolute Gasteiger partial charge is 0.408 e. The molecule has 3 aromatic rings. The molecule has 5 atom stereocenters. The molecule has 2 aromatic heterocycles. The van der Waals surface area contributed by atoms with Gasteiger partial charge in [0.25, 0.3) is 0 Å². The van der Waals surface area contributed by atoms with Gasteiger partial charge in [0.2, 0.25) is 11.8 Å². The molecule has 1 saturated carbocycles. The second kappa shape index (κ2) is 14.6. The number of amides is 3. The number of carbonyl (C=O) groups excluding carboxylic acids is 3. The van der Waals surface area contributed by atoms with Crippen LogP contribution in [-0.2, 0) is 19.1 Å². The zero-order valence-corrected chi connectivity index (χ0v) is 30.5. The van der Waals surface area contributed by atoms with Crippen LogP contribution in [0.3, 0.4) is 0 Å². The molecule has 14 nitrogen and oxygen atoms in total. The van der Waals surface area contributed by atoms with Crippen molar-refractivity contribution in [3.8, 4) is 27.7 Å². The predicted molar refractivity (Wildman–Crippen MR) is 189 cm³/mol. The number of ether oxygens (including phenoxy) is 2. The van der Waals surface area contributed by atoms with Crippen molar-refractivity contribution in [2.75, 3.05) is 13.7 Å². The summed E-state index contributed by atoms with van der Waals surface area (Å²) < 4.78 is 10.8. The Morgan fingerprint density at radius 3 is 2.63 bits per heavy atom. The number of thiazole rings is 1. The molecule has 1 aromatic carbocycles. The van der Waals surface area contributed by atoms with E-state index in [-0.39, 0.29) is 25.3 Å². The number of nitrogens with one attached hydrogen (secondary N) is 2. The third-order valence-electron chi connectivity index (χ3n) is 9.34. The first kappa shape index (κ1) is 36.3. The van der Waals surface area contributed by atoms with Gasteiger partial charge in [0.1, 0.15) is 45.4 Å². The average molecular weight is 740 g/mol. The van der Waals surface area contributed by atoms with Gasteiger partial charge in [-0.3, -0.25) is 9.59 Å². The fourth-order valence-corrected chi connectivity index (χ4v) is 7.55. The molecular weight excluding hydrogens is 698 g/mol. The number of carboxylic acid groups (broad SMARTS) is 1. The van der Waals surface area contributed by atoms with E-state index in [1.54, 1.807) is 39.1 Å². The van der Waals surface area contributed by atoms with Gasteiger partial charge in [-0.15, -0.1) is 16.4 Å². The highest BCUT2D eigenvalue weighted by molar-refractivity contribution is 7.13. The maximum absolute atomic E-state index is 14.4. The van der Waals surface area contributed by atoms with Crippen LogP contribution in [0.1, 0.15) is 71.8 Å². The standard InChI is InChI=1S/C35H42ClN7O7S/c1-34(2,3)50-33(48)38-24-11-9-7-5-6-8-10-21-18-35(21,32(46)47)39-29(44)25-17-22(19-42(25)31(24)45)43-40-27(28(41-43)30-37-14-15-51-30)20-12-13-26(49-4)23(36)16-20/h8,10,12-16,21-22,24-25H,5-7,9,11,17-19H2,1-4H3,(H,38,48)(H,39,44)(H,46,47)/b10-8-/t21-,22-,24-,25-,35+/m0/s1. The van der Waals surface area contributed by atoms with Crippen LogP contribution >= 0.6 is 22.9 Å². The minimum Gasteiger partial charge on any atom is -0.495 e. The quantitative estimate of drug-likeness (QED) is 0.283. The van der Waals surface area contributed by atoms with E-state index in [0.717, 1.165) is 19.3 Å². The van der Waals surface area contributed by atoms with Crippen LogP contribution in [0.4, 0.5) is 4.79 Å². The molecule has 4 heterocycles. The number of hydrogen-bond acceptors (Lipinski definition) is 10. The fraction of sp³-hybridized carbons (Fsp3) is 0.514. The summed E-state index contributed by atoms with van der Waals surface area (Å²) in [5, 5.41) is 28.3. The van der Waals surface area contributed by atoms with Crippen molar-refractivity contribution in [2.45, 2.75) is 95.0 Å². The first-order valence-corrected chi connectivity index (χ1v) is 18.3. The van der Waals surface area contributed by atoms with Crippen LogP contribution in [0.2, 0.25) is 5.02 Å². The zero-order valence-electron chi connectivity index (χ0n) is 28.9. The van der Waals surface area contributed by atoms with E-state index in [0.29, 0.717) is 45.6 Å². The van der Waals surface area contributed by atoms with E-state index >= 15 is 0 Å². The number of allylic oxidation sites excluding steroid dienone is 1. The average Bonchev–Trinajstić information content (AvgIpc) is 3.52. The molecular formula is C35H42ClN7O7S. The summed E-state index contributed by atoms with van der Waals surface area (Å²) in [6.45, 7) is 5.23. The molecule has 0 unspecified atom stereocenters. The lowest BCUT2D eigenvalue weighted by Gasteiger charge is -2.30. The normalized spacial score (nSPS) is 26.2. The predicted octanol–water partition coefficient (Wildman–Crippen LogP) is 5.25. The highest BCUT2D eigenvalue weighted by Gasteiger charge is 2.61. The molecule has 2 aliphatic heterocycles. The summed E-state index contributed by atoms with van der Waals surface area (Å²) in [6, 6.07) is 2.64. The monoisotopic (exact) mass is 739 g/mol. The van der Waals surface area contributed by atoms with Crippen LogP contribution in [0.5, 0.6) is 5.75 Å². The first-order valence-electron chi connectivity index (χ1n) is 17.0. The third kappa shape index (κ3) is 7.88. The summed E-state index contributed by atoms with van der Waals surface area (Å²) in [6.07, 6.45) is 8.41. The highest BCUT2D eigenvalue weighted by atomic mass is 35.5. The topological polar surface area (TPSA) is 178 Å². The number of aliphatic carboxylic acids is 1. The van der Waals surface area contributed by atoms with E-state index in [1.165, 1.54) is 28.1 Å². The van der Waals surface area contributed by atoms with Crippen LogP contribution < -0.4 is 15.4 Å².